The molecule has 126 valence electrons. The van der Waals surface area contributed by atoms with Crippen molar-refractivity contribution in [2.24, 2.45) is 0 Å². The molecule has 0 radical (unpaired) electrons. The van der Waals surface area contributed by atoms with E-state index in [0.717, 1.165) is 35.1 Å². The van der Waals surface area contributed by atoms with Gasteiger partial charge >= 0.3 is 0 Å². The molecule has 1 aromatic heterocycles. The number of halogens is 1. The van der Waals surface area contributed by atoms with Gasteiger partial charge in [-0.05, 0) is 62.8 Å². The van der Waals surface area contributed by atoms with Gasteiger partial charge in [-0.2, -0.15) is 4.98 Å². The lowest BCUT2D eigenvalue weighted by molar-refractivity contribution is 0.679. The van der Waals surface area contributed by atoms with Gasteiger partial charge in [0.2, 0.25) is 5.95 Å². The van der Waals surface area contributed by atoms with Gasteiger partial charge in [-0.3, -0.25) is 0 Å². The molecule has 1 aliphatic rings. The maximum Gasteiger partial charge on any atom is 0.229 e. The third kappa shape index (κ3) is 4.71. The van der Waals surface area contributed by atoms with E-state index in [0.29, 0.717) is 5.95 Å². The van der Waals surface area contributed by atoms with E-state index in [1.807, 2.05) is 31.2 Å². The molecule has 4 nitrogen and oxygen atoms in total. The lowest BCUT2D eigenvalue weighted by Gasteiger charge is -2.13. The molecular formula is C19H23ClN4. The van der Waals surface area contributed by atoms with Crippen LogP contribution in [0, 0.1) is 6.92 Å². The SMILES string of the molecule is Cc1ccc(Nc2nccc(NCCC3=CCCCC3)n2)cc1Cl. The van der Waals surface area contributed by atoms with Gasteiger partial charge in [0.1, 0.15) is 5.82 Å². The number of benzene rings is 1. The Morgan fingerprint density at radius 2 is 2.12 bits per heavy atom. The van der Waals surface area contributed by atoms with Crippen LogP contribution in [-0.4, -0.2) is 16.5 Å². The lowest BCUT2D eigenvalue weighted by Crippen LogP contribution is -2.07. The van der Waals surface area contributed by atoms with Crippen molar-refractivity contribution in [1.29, 1.82) is 0 Å². The summed E-state index contributed by atoms with van der Waals surface area (Å²) in [5.74, 6) is 1.40. The Morgan fingerprint density at radius 1 is 1.21 bits per heavy atom. The first-order valence-electron chi connectivity index (χ1n) is 8.49. The highest BCUT2D eigenvalue weighted by atomic mass is 35.5. The highest BCUT2D eigenvalue weighted by Gasteiger charge is 2.05. The molecule has 3 rings (SSSR count). The van der Waals surface area contributed by atoms with Gasteiger partial charge in [-0.15, -0.1) is 0 Å². The van der Waals surface area contributed by atoms with Crippen LogP contribution in [0.15, 0.2) is 42.1 Å². The number of allylic oxidation sites excluding steroid dienone is 1. The molecule has 0 unspecified atom stereocenters. The number of anilines is 3. The minimum absolute atomic E-state index is 0.566. The van der Waals surface area contributed by atoms with Crippen LogP contribution < -0.4 is 10.6 Å². The average Bonchev–Trinajstić information content (AvgIpc) is 2.60. The Kier molecular flexibility index (Phi) is 5.70. The fourth-order valence-corrected chi connectivity index (χ4v) is 2.98. The number of hydrogen-bond acceptors (Lipinski definition) is 4. The number of aromatic nitrogens is 2. The predicted molar refractivity (Wildman–Crippen MR) is 101 cm³/mol. The molecule has 2 aromatic rings. The predicted octanol–water partition coefficient (Wildman–Crippen LogP) is 5.48. The third-order valence-electron chi connectivity index (χ3n) is 4.22. The zero-order chi connectivity index (χ0) is 16.8. The van der Waals surface area contributed by atoms with E-state index in [-0.39, 0.29) is 0 Å². The summed E-state index contributed by atoms with van der Waals surface area (Å²) in [4.78, 5) is 8.77. The Hall–Kier alpha value is -2.07. The van der Waals surface area contributed by atoms with Gasteiger partial charge in [-0.1, -0.05) is 29.3 Å². The van der Waals surface area contributed by atoms with Crippen molar-refractivity contribution in [3.8, 4) is 0 Å². The minimum Gasteiger partial charge on any atom is -0.370 e. The van der Waals surface area contributed by atoms with Crippen molar-refractivity contribution in [2.45, 2.75) is 39.0 Å². The van der Waals surface area contributed by atoms with E-state index in [1.54, 1.807) is 11.8 Å². The fraction of sp³-hybridized carbons (Fsp3) is 0.368. The average molecular weight is 343 g/mol. The third-order valence-corrected chi connectivity index (χ3v) is 4.63. The number of rotatable bonds is 6. The molecule has 0 saturated heterocycles. The summed E-state index contributed by atoms with van der Waals surface area (Å²) < 4.78 is 0. The van der Waals surface area contributed by atoms with Crippen molar-refractivity contribution < 1.29 is 0 Å². The van der Waals surface area contributed by atoms with Crippen molar-refractivity contribution in [1.82, 2.24) is 9.97 Å². The monoisotopic (exact) mass is 342 g/mol. The maximum atomic E-state index is 6.16. The summed E-state index contributed by atoms with van der Waals surface area (Å²) in [6.45, 7) is 2.88. The summed E-state index contributed by atoms with van der Waals surface area (Å²) in [5.41, 5.74) is 3.50. The summed E-state index contributed by atoms with van der Waals surface area (Å²) in [5, 5.41) is 7.31. The van der Waals surface area contributed by atoms with E-state index in [4.69, 9.17) is 11.6 Å². The number of nitrogens with one attached hydrogen (secondary N) is 2. The van der Waals surface area contributed by atoms with Gasteiger partial charge in [-0.25, -0.2) is 4.98 Å². The molecule has 0 saturated carbocycles. The normalized spacial score (nSPS) is 14.2. The summed E-state index contributed by atoms with van der Waals surface area (Å²) in [6.07, 6.45) is 10.4. The quantitative estimate of drug-likeness (QED) is 0.682. The fourth-order valence-electron chi connectivity index (χ4n) is 2.80. The van der Waals surface area contributed by atoms with E-state index in [2.05, 4.69) is 26.7 Å². The first kappa shape index (κ1) is 16.8. The van der Waals surface area contributed by atoms with Crippen molar-refractivity contribution in [3.63, 3.8) is 0 Å². The molecule has 2 N–H and O–H groups in total. The van der Waals surface area contributed by atoms with Gasteiger partial charge in [0.15, 0.2) is 0 Å². The molecule has 0 fully saturated rings. The maximum absolute atomic E-state index is 6.16. The van der Waals surface area contributed by atoms with E-state index in [1.165, 1.54) is 25.7 Å². The van der Waals surface area contributed by atoms with Crippen LogP contribution in [0.3, 0.4) is 0 Å². The van der Waals surface area contributed by atoms with Gasteiger partial charge in [0.05, 0.1) is 0 Å². The van der Waals surface area contributed by atoms with E-state index >= 15 is 0 Å². The minimum atomic E-state index is 0.566. The van der Waals surface area contributed by atoms with Crippen LogP contribution in [0.25, 0.3) is 0 Å². The number of aryl methyl sites for hydroxylation is 1. The van der Waals surface area contributed by atoms with Gasteiger partial charge in [0.25, 0.3) is 0 Å². The van der Waals surface area contributed by atoms with Crippen molar-refractivity contribution in [3.05, 3.63) is 52.7 Å². The first-order valence-corrected chi connectivity index (χ1v) is 8.86. The molecule has 0 spiro atoms. The molecular weight excluding hydrogens is 320 g/mol. The van der Waals surface area contributed by atoms with E-state index in [9.17, 15) is 0 Å². The number of hydrogen-bond donors (Lipinski definition) is 2. The largest absolute Gasteiger partial charge is 0.370 e. The zero-order valence-electron chi connectivity index (χ0n) is 14.0. The Balaban J connectivity index is 1.57. The van der Waals surface area contributed by atoms with Crippen LogP contribution in [0.4, 0.5) is 17.5 Å². The second kappa shape index (κ2) is 8.15. The van der Waals surface area contributed by atoms with Gasteiger partial charge in [0, 0.05) is 23.5 Å². The Morgan fingerprint density at radius 3 is 2.92 bits per heavy atom. The Bertz CT molecular complexity index is 727. The molecule has 0 bridgehead atoms. The summed E-state index contributed by atoms with van der Waals surface area (Å²) >= 11 is 6.16. The molecule has 1 heterocycles. The molecule has 24 heavy (non-hydrogen) atoms. The van der Waals surface area contributed by atoms with E-state index < -0.39 is 0 Å². The summed E-state index contributed by atoms with van der Waals surface area (Å²) in [6, 6.07) is 7.73. The van der Waals surface area contributed by atoms with Crippen LogP contribution in [0.5, 0.6) is 0 Å². The first-order chi connectivity index (χ1) is 11.7. The molecule has 1 aromatic carbocycles. The highest BCUT2D eigenvalue weighted by Crippen LogP contribution is 2.22. The molecule has 0 amide bonds. The Labute approximate surface area is 148 Å². The van der Waals surface area contributed by atoms with Crippen LogP contribution in [0.1, 0.15) is 37.7 Å². The lowest BCUT2D eigenvalue weighted by atomic mass is 9.97. The zero-order valence-corrected chi connectivity index (χ0v) is 14.7. The second-order valence-corrected chi connectivity index (χ2v) is 6.55. The molecule has 5 heteroatoms. The molecule has 1 aliphatic carbocycles. The van der Waals surface area contributed by atoms with Crippen LogP contribution >= 0.6 is 11.6 Å². The van der Waals surface area contributed by atoms with Crippen molar-refractivity contribution in [2.75, 3.05) is 17.2 Å². The van der Waals surface area contributed by atoms with Crippen molar-refractivity contribution >= 4 is 29.1 Å². The molecule has 0 atom stereocenters. The van der Waals surface area contributed by atoms with Crippen LogP contribution in [0.2, 0.25) is 5.02 Å². The highest BCUT2D eigenvalue weighted by molar-refractivity contribution is 6.31. The van der Waals surface area contributed by atoms with Gasteiger partial charge < -0.3 is 10.6 Å². The number of nitrogens with zero attached hydrogens (tertiary/aromatic N) is 2. The standard InChI is InChI=1S/C19H23ClN4/c1-14-7-8-16(13-17(14)20)23-19-22-12-10-18(24-19)21-11-9-15-5-3-2-4-6-15/h5,7-8,10,12-13H,2-4,6,9,11H2,1H3,(H2,21,22,23,24). The second-order valence-electron chi connectivity index (χ2n) is 6.14. The molecule has 0 aliphatic heterocycles. The summed E-state index contributed by atoms with van der Waals surface area (Å²) in [7, 11) is 0. The smallest absolute Gasteiger partial charge is 0.229 e. The van der Waals surface area contributed by atoms with Crippen LogP contribution in [-0.2, 0) is 0 Å². The topological polar surface area (TPSA) is 49.8 Å².